The highest BCUT2D eigenvalue weighted by atomic mass is 14.9. The van der Waals surface area contributed by atoms with Crippen LogP contribution in [0.25, 0.3) is 0 Å². The molecule has 2 unspecified atom stereocenters. The number of rotatable bonds is 4. The van der Waals surface area contributed by atoms with Gasteiger partial charge in [-0.3, -0.25) is 0 Å². The normalized spacial score (nSPS) is 31.1. The van der Waals surface area contributed by atoms with Crippen LogP contribution < -0.4 is 10.6 Å². The summed E-state index contributed by atoms with van der Waals surface area (Å²) in [6, 6.07) is 0. The first kappa shape index (κ1) is 9.01. The monoisotopic (exact) mass is 156 g/mol. The van der Waals surface area contributed by atoms with E-state index < -0.39 is 0 Å². The Hall–Kier alpha value is -0.0800. The molecule has 2 atom stereocenters. The van der Waals surface area contributed by atoms with E-state index in [1.54, 1.807) is 0 Å². The van der Waals surface area contributed by atoms with E-state index in [2.05, 4.69) is 24.5 Å². The number of hydrogen-bond donors (Lipinski definition) is 2. The van der Waals surface area contributed by atoms with Crippen molar-refractivity contribution >= 4 is 0 Å². The van der Waals surface area contributed by atoms with Gasteiger partial charge >= 0.3 is 0 Å². The Kier molecular flexibility index (Phi) is 3.87. The van der Waals surface area contributed by atoms with Gasteiger partial charge in [0.25, 0.3) is 0 Å². The zero-order valence-electron chi connectivity index (χ0n) is 7.69. The third kappa shape index (κ3) is 2.46. The van der Waals surface area contributed by atoms with Crippen molar-refractivity contribution < 1.29 is 0 Å². The molecule has 2 heteroatoms. The Labute approximate surface area is 69.8 Å². The molecule has 0 amide bonds. The Morgan fingerprint density at radius 3 is 2.64 bits per heavy atom. The van der Waals surface area contributed by atoms with Gasteiger partial charge in [-0.2, -0.15) is 0 Å². The molecule has 1 rings (SSSR count). The van der Waals surface area contributed by atoms with Gasteiger partial charge in [0, 0.05) is 0 Å². The number of hydrogen-bond acceptors (Lipinski definition) is 2. The molecule has 2 N–H and O–H groups in total. The summed E-state index contributed by atoms with van der Waals surface area (Å²) in [4.78, 5) is 0. The predicted molar refractivity (Wildman–Crippen MR) is 48.7 cm³/mol. The highest BCUT2D eigenvalue weighted by Crippen LogP contribution is 2.18. The first-order valence-electron chi connectivity index (χ1n) is 4.79. The Bertz CT molecular complexity index is 104. The molecule has 11 heavy (non-hydrogen) atoms. The Balaban J connectivity index is 2.20. The highest BCUT2D eigenvalue weighted by molar-refractivity contribution is 4.81. The molecule has 1 saturated heterocycles. The quantitative estimate of drug-likeness (QED) is 0.630. The van der Waals surface area contributed by atoms with Crippen molar-refractivity contribution in [2.24, 2.45) is 11.8 Å². The summed E-state index contributed by atoms with van der Waals surface area (Å²) in [7, 11) is 0. The lowest BCUT2D eigenvalue weighted by molar-refractivity contribution is 0.389. The third-order valence-corrected chi connectivity index (χ3v) is 2.66. The van der Waals surface area contributed by atoms with E-state index in [4.69, 9.17) is 0 Å². The zero-order chi connectivity index (χ0) is 8.10. The molecule has 1 aliphatic rings. The molecule has 2 nitrogen and oxygen atoms in total. The van der Waals surface area contributed by atoms with Crippen LogP contribution >= 0.6 is 0 Å². The highest BCUT2D eigenvalue weighted by Gasteiger charge is 2.24. The second kappa shape index (κ2) is 4.73. The molecule has 0 aromatic rings. The summed E-state index contributed by atoms with van der Waals surface area (Å²) in [6.45, 7) is 9.20. The lowest BCUT2D eigenvalue weighted by Gasteiger charge is -2.16. The second-order valence-corrected chi connectivity index (χ2v) is 3.39. The van der Waals surface area contributed by atoms with Gasteiger partial charge in [-0.1, -0.05) is 20.3 Å². The van der Waals surface area contributed by atoms with Crippen LogP contribution in [0.3, 0.4) is 0 Å². The second-order valence-electron chi connectivity index (χ2n) is 3.39. The Morgan fingerprint density at radius 1 is 1.27 bits per heavy atom. The zero-order valence-corrected chi connectivity index (χ0v) is 7.69. The lowest BCUT2D eigenvalue weighted by atomic mass is 9.94. The average molecular weight is 156 g/mol. The molecule has 1 fully saturated rings. The van der Waals surface area contributed by atoms with Crippen LogP contribution in [0.4, 0.5) is 0 Å². The molecule has 0 radical (unpaired) electrons. The number of nitrogens with one attached hydrogen (secondary N) is 2. The van der Waals surface area contributed by atoms with Gasteiger partial charge in [0.05, 0.1) is 0 Å². The van der Waals surface area contributed by atoms with Crippen molar-refractivity contribution in [3.8, 4) is 0 Å². The third-order valence-electron chi connectivity index (χ3n) is 2.66. The van der Waals surface area contributed by atoms with Gasteiger partial charge in [0.15, 0.2) is 0 Å². The fraction of sp³-hybridized carbons (Fsp3) is 1.00. The van der Waals surface area contributed by atoms with Crippen LogP contribution in [-0.2, 0) is 0 Å². The van der Waals surface area contributed by atoms with Crippen molar-refractivity contribution in [3.05, 3.63) is 0 Å². The van der Waals surface area contributed by atoms with E-state index in [0.29, 0.717) is 0 Å². The van der Waals surface area contributed by atoms with E-state index in [1.165, 1.54) is 26.1 Å². The molecule has 0 bridgehead atoms. The molecule has 0 spiro atoms. The van der Waals surface area contributed by atoms with Crippen molar-refractivity contribution in [1.82, 2.24) is 10.6 Å². The first-order valence-corrected chi connectivity index (χ1v) is 4.79. The average Bonchev–Trinajstić information content (AvgIpc) is 2.47. The molecule has 0 aromatic heterocycles. The molecule has 1 heterocycles. The first-order chi connectivity index (χ1) is 5.38. The lowest BCUT2D eigenvalue weighted by Crippen LogP contribution is -2.27. The largest absolute Gasteiger partial charge is 0.317 e. The summed E-state index contributed by atoms with van der Waals surface area (Å²) in [5.41, 5.74) is 0. The SMILES string of the molecule is CCNCC1CNCC1CC. The topological polar surface area (TPSA) is 24.1 Å². The maximum atomic E-state index is 3.44. The minimum atomic E-state index is 0.875. The minimum absolute atomic E-state index is 0.875. The van der Waals surface area contributed by atoms with E-state index >= 15 is 0 Å². The molecule has 0 aromatic carbocycles. The smallest absolute Gasteiger partial charge is 0.000512 e. The van der Waals surface area contributed by atoms with Crippen molar-refractivity contribution in [3.63, 3.8) is 0 Å². The van der Waals surface area contributed by atoms with Gasteiger partial charge in [0.2, 0.25) is 0 Å². The molecule has 66 valence electrons. The van der Waals surface area contributed by atoms with Gasteiger partial charge in [-0.15, -0.1) is 0 Å². The minimum Gasteiger partial charge on any atom is -0.317 e. The summed E-state index contributed by atoms with van der Waals surface area (Å²) in [5.74, 6) is 1.79. The van der Waals surface area contributed by atoms with E-state index in [0.717, 1.165) is 18.4 Å². The van der Waals surface area contributed by atoms with Gasteiger partial charge < -0.3 is 10.6 Å². The summed E-state index contributed by atoms with van der Waals surface area (Å²) in [5, 5.41) is 6.86. The van der Waals surface area contributed by atoms with Crippen LogP contribution in [-0.4, -0.2) is 26.2 Å². The van der Waals surface area contributed by atoms with Crippen LogP contribution in [0.15, 0.2) is 0 Å². The van der Waals surface area contributed by atoms with E-state index in [1.807, 2.05) is 0 Å². The van der Waals surface area contributed by atoms with Crippen molar-refractivity contribution in [2.45, 2.75) is 20.3 Å². The van der Waals surface area contributed by atoms with Crippen LogP contribution in [0.2, 0.25) is 0 Å². The summed E-state index contributed by atoms with van der Waals surface area (Å²) < 4.78 is 0. The predicted octanol–water partition coefficient (Wildman–Crippen LogP) is 0.841. The molecular formula is C9H20N2. The van der Waals surface area contributed by atoms with Gasteiger partial charge in [-0.25, -0.2) is 0 Å². The molecule has 0 aliphatic carbocycles. The maximum absolute atomic E-state index is 3.44. The summed E-state index contributed by atoms with van der Waals surface area (Å²) >= 11 is 0. The van der Waals surface area contributed by atoms with E-state index in [9.17, 15) is 0 Å². The van der Waals surface area contributed by atoms with E-state index in [-0.39, 0.29) is 0 Å². The molecule has 0 saturated carbocycles. The van der Waals surface area contributed by atoms with Crippen molar-refractivity contribution in [2.75, 3.05) is 26.2 Å². The van der Waals surface area contributed by atoms with Crippen LogP contribution in [0.1, 0.15) is 20.3 Å². The van der Waals surface area contributed by atoms with Crippen LogP contribution in [0.5, 0.6) is 0 Å². The maximum Gasteiger partial charge on any atom is -0.000512 e. The Morgan fingerprint density at radius 2 is 2.00 bits per heavy atom. The standard InChI is InChI=1S/C9H20N2/c1-3-8-5-11-7-9(8)6-10-4-2/h8-11H,3-7H2,1-2H3. The fourth-order valence-electron chi connectivity index (χ4n) is 1.83. The van der Waals surface area contributed by atoms with Gasteiger partial charge in [0.1, 0.15) is 0 Å². The van der Waals surface area contributed by atoms with Crippen LogP contribution in [0, 0.1) is 11.8 Å². The molecule has 1 aliphatic heterocycles. The summed E-state index contributed by atoms with van der Waals surface area (Å²) in [6.07, 6.45) is 1.32. The molecular weight excluding hydrogens is 136 g/mol. The van der Waals surface area contributed by atoms with Crippen molar-refractivity contribution in [1.29, 1.82) is 0 Å². The van der Waals surface area contributed by atoms with Gasteiger partial charge in [-0.05, 0) is 38.0 Å². The fourth-order valence-corrected chi connectivity index (χ4v) is 1.83.